The number of carbonyl (C=O) groups excluding carboxylic acids is 2. The summed E-state index contributed by atoms with van der Waals surface area (Å²) in [5, 5.41) is 3.94. The van der Waals surface area contributed by atoms with Crippen molar-refractivity contribution in [3.8, 4) is 11.5 Å². The van der Waals surface area contributed by atoms with Gasteiger partial charge in [-0.25, -0.2) is 8.42 Å². The van der Waals surface area contributed by atoms with Crippen molar-refractivity contribution in [3.05, 3.63) is 81.3 Å². The van der Waals surface area contributed by atoms with E-state index in [0.717, 1.165) is 17.1 Å². The van der Waals surface area contributed by atoms with Gasteiger partial charge in [-0.2, -0.15) is 0 Å². The number of carbonyl (C=O) groups is 2. The van der Waals surface area contributed by atoms with Crippen LogP contribution in [-0.2, 0) is 26.2 Å². The molecule has 2 amide bonds. The zero-order valence-electron chi connectivity index (χ0n) is 24.3. The van der Waals surface area contributed by atoms with Crippen LogP contribution in [0.2, 0.25) is 15.1 Å². The van der Waals surface area contributed by atoms with Crippen LogP contribution in [0, 0.1) is 0 Å². The van der Waals surface area contributed by atoms with Gasteiger partial charge in [0.05, 0.1) is 24.8 Å². The summed E-state index contributed by atoms with van der Waals surface area (Å²) in [5.74, 6) is -0.484. The van der Waals surface area contributed by atoms with E-state index < -0.39 is 28.5 Å². The van der Waals surface area contributed by atoms with Gasteiger partial charge in [-0.1, -0.05) is 54.2 Å². The van der Waals surface area contributed by atoms with E-state index in [0.29, 0.717) is 32.9 Å². The van der Waals surface area contributed by atoms with E-state index in [1.807, 2.05) is 6.92 Å². The van der Waals surface area contributed by atoms with Crippen LogP contribution in [0.5, 0.6) is 11.5 Å². The Bertz CT molecular complexity index is 1540. The molecule has 0 radical (unpaired) electrons. The zero-order valence-corrected chi connectivity index (χ0v) is 27.4. The average molecular weight is 671 g/mol. The van der Waals surface area contributed by atoms with Crippen LogP contribution in [0.1, 0.15) is 32.3 Å². The van der Waals surface area contributed by atoms with E-state index in [9.17, 15) is 18.0 Å². The molecule has 0 aliphatic heterocycles. The lowest BCUT2D eigenvalue weighted by molar-refractivity contribution is -0.139. The van der Waals surface area contributed by atoms with E-state index in [4.69, 9.17) is 44.3 Å². The molecule has 0 heterocycles. The van der Waals surface area contributed by atoms with Gasteiger partial charge in [0.1, 0.15) is 12.6 Å². The number of nitrogens with zero attached hydrogens (tertiary/aromatic N) is 2. The van der Waals surface area contributed by atoms with E-state index in [-0.39, 0.29) is 28.8 Å². The quantitative estimate of drug-likeness (QED) is 0.205. The topological polar surface area (TPSA) is 105 Å². The molecule has 0 fully saturated rings. The molecule has 0 spiro atoms. The number of amides is 2. The van der Waals surface area contributed by atoms with Crippen LogP contribution >= 0.6 is 34.8 Å². The first-order valence-corrected chi connectivity index (χ1v) is 16.0. The van der Waals surface area contributed by atoms with Crippen LogP contribution in [0.25, 0.3) is 0 Å². The zero-order chi connectivity index (χ0) is 31.7. The third kappa shape index (κ3) is 8.69. The fourth-order valence-electron chi connectivity index (χ4n) is 4.19. The predicted octanol–water partition coefficient (Wildman–Crippen LogP) is 6.19. The smallest absolute Gasteiger partial charge is 0.264 e. The molecule has 232 valence electrons. The summed E-state index contributed by atoms with van der Waals surface area (Å²) in [4.78, 5) is 28.3. The first-order chi connectivity index (χ1) is 20.4. The van der Waals surface area contributed by atoms with Crippen molar-refractivity contribution < 1.29 is 27.5 Å². The fourth-order valence-corrected chi connectivity index (χ4v) is 6.22. The van der Waals surface area contributed by atoms with Gasteiger partial charge in [-0.15, -0.1) is 0 Å². The third-order valence-electron chi connectivity index (χ3n) is 6.69. The number of ether oxygens (including phenoxy) is 2. The van der Waals surface area contributed by atoms with Gasteiger partial charge in [0.15, 0.2) is 11.5 Å². The van der Waals surface area contributed by atoms with Crippen molar-refractivity contribution in [2.75, 3.05) is 31.6 Å². The number of halogens is 3. The largest absolute Gasteiger partial charge is 0.493 e. The van der Waals surface area contributed by atoms with Crippen molar-refractivity contribution in [3.63, 3.8) is 0 Å². The number of methoxy groups -OCH3 is 2. The van der Waals surface area contributed by atoms with Crippen LogP contribution in [0.15, 0.2) is 65.6 Å². The molecule has 1 atom stereocenters. The van der Waals surface area contributed by atoms with Gasteiger partial charge in [0.25, 0.3) is 10.0 Å². The van der Waals surface area contributed by atoms with Crippen molar-refractivity contribution in [2.45, 2.75) is 44.2 Å². The number of hydrogen-bond donors (Lipinski definition) is 1. The van der Waals surface area contributed by atoms with Gasteiger partial charge in [-0.05, 0) is 67.4 Å². The fraction of sp³-hybridized carbons (Fsp3) is 0.333. The number of sulfonamides is 1. The Morgan fingerprint density at radius 3 is 2.16 bits per heavy atom. The van der Waals surface area contributed by atoms with Crippen LogP contribution in [-0.4, -0.2) is 58.5 Å². The maximum Gasteiger partial charge on any atom is 0.264 e. The number of hydrogen-bond acceptors (Lipinski definition) is 6. The van der Waals surface area contributed by atoms with Crippen molar-refractivity contribution in [1.29, 1.82) is 0 Å². The lowest BCUT2D eigenvalue weighted by Gasteiger charge is -2.32. The molecule has 13 heteroatoms. The highest BCUT2D eigenvalue weighted by Crippen LogP contribution is 2.33. The summed E-state index contributed by atoms with van der Waals surface area (Å²) in [7, 11) is -1.51. The molecule has 3 rings (SSSR count). The molecule has 0 aromatic heterocycles. The Balaban J connectivity index is 2.06. The Labute approximate surface area is 267 Å². The van der Waals surface area contributed by atoms with Crippen LogP contribution < -0.4 is 19.1 Å². The standard InChI is InChI=1S/C30H34Cl3N3O6S/c1-5-6-15-34-30(38)20(2)35(18-21-7-8-23(32)16-26(21)33)29(37)19-36(24-11-9-22(31)10-12-24)43(39,40)25-13-14-27(41-3)28(17-25)42-4/h7-14,16-17,20H,5-6,15,18-19H2,1-4H3,(H,34,38). The summed E-state index contributed by atoms with van der Waals surface area (Å²) in [6.45, 7) is 3.32. The Morgan fingerprint density at radius 1 is 0.907 bits per heavy atom. The number of unbranched alkanes of at least 4 members (excludes halogenated alkanes) is 1. The lowest BCUT2D eigenvalue weighted by Crippen LogP contribution is -2.51. The lowest BCUT2D eigenvalue weighted by atomic mass is 10.1. The first-order valence-electron chi connectivity index (χ1n) is 13.4. The van der Waals surface area contributed by atoms with E-state index in [2.05, 4.69) is 5.32 Å². The van der Waals surface area contributed by atoms with Gasteiger partial charge >= 0.3 is 0 Å². The second-order valence-electron chi connectivity index (χ2n) is 9.58. The molecule has 43 heavy (non-hydrogen) atoms. The van der Waals surface area contributed by atoms with Crippen molar-refractivity contribution >= 4 is 62.3 Å². The monoisotopic (exact) mass is 669 g/mol. The summed E-state index contributed by atoms with van der Waals surface area (Å²) < 4.78 is 39.7. The summed E-state index contributed by atoms with van der Waals surface area (Å²) in [5.41, 5.74) is 0.727. The highest BCUT2D eigenvalue weighted by atomic mass is 35.5. The minimum absolute atomic E-state index is 0.0674. The second kappa shape index (κ2) is 15.5. The Kier molecular flexibility index (Phi) is 12.4. The molecule has 1 unspecified atom stereocenters. The summed E-state index contributed by atoms with van der Waals surface area (Å²) in [6, 6.07) is 14.0. The van der Waals surface area contributed by atoms with E-state index >= 15 is 0 Å². The number of anilines is 1. The maximum absolute atomic E-state index is 14.1. The minimum Gasteiger partial charge on any atom is -0.493 e. The molecule has 1 N–H and O–H groups in total. The molecule has 9 nitrogen and oxygen atoms in total. The molecule has 0 saturated heterocycles. The first kappa shape index (κ1) is 34.3. The molecular weight excluding hydrogens is 637 g/mol. The summed E-state index contributed by atoms with van der Waals surface area (Å²) >= 11 is 18.6. The van der Waals surface area contributed by atoms with Gasteiger partial charge in [0, 0.05) is 34.2 Å². The van der Waals surface area contributed by atoms with Gasteiger partial charge in [0.2, 0.25) is 11.8 Å². The molecular formula is C30H34Cl3N3O6S. The predicted molar refractivity (Wildman–Crippen MR) is 170 cm³/mol. The van der Waals surface area contributed by atoms with Crippen molar-refractivity contribution in [2.24, 2.45) is 0 Å². The normalized spacial score (nSPS) is 11.9. The molecule has 0 saturated carbocycles. The maximum atomic E-state index is 14.1. The van der Waals surface area contributed by atoms with Crippen LogP contribution in [0.4, 0.5) is 5.69 Å². The van der Waals surface area contributed by atoms with Crippen LogP contribution in [0.3, 0.4) is 0 Å². The van der Waals surface area contributed by atoms with Gasteiger partial charge in [-0.3, -0.25) is 13.9 Å². The Morgan fingerprint density at radius 2 is 1.56 bits per heavy atom. The highest BCUT2D eigenvalue weighted by Gasteiger charge is 2.33. The molecule has 0 aliphatic rings. The number of benzene rings is 3. The average Bonchev–Trinajstić information content (AvgIpc) is 2.99. The molecule has 0 bridgehead atoms. The minimum atomic E-state index is -4.34. The van der Waals surface area contributed by atoms with E-state index in [1.54, 1.807) is 19.1 Å². The Hall–Kier alpha value is -3.18. The number of nitrogens with one attached hydrogen (secondary N) is 1. The molecule has 3 aromatic carbocycles. The van der Waals surface area contributed by atoms with E-state index in [1.165, 1.54) is 67.7 Å². The van der Waals surface area contributed by atoms with Gasteiger partial charge < -0.3 is 19.7 Å². The molecule has 0 aliphatic carbocycles. The number of rotatable bonds is 14. The second-order valence-corrected chi connectivity index (χ2v) is 12.7. The summed E-state index contributed by atoms with van der Waals surface area (Å²) in [6.07, 6.45) is 1.64. The molecule has 3 aromatic rings. The SMILES string of the molecule is CCCCNC(=O)C(C)N(Cc1ccc(Cl)cc1Cl)C(=O)CN(c1ccc(Cl)cc1)S(=O)(=O)c1ccc(OC)c(OC)c1. The van der Waals surface area contributed by atoms with Crippen molar-refractivity contribution in [1.82, 2.24) is 10.2 Å². The third-order valence-corrected chi connectivity index (χ3v) is 9.30. The highest BCUT2D eigenvalue weighted by molar-refractivity contribution is 7.92.